The van der Waals surface area contributed by atoms with Gasteiger partial charge in [0.05, 0.1) is 0 Å². The number of piperazine rings is 1. The number of benzene rings is 1. The number of carbonyl (C=O) groups excluding carboxylic acids is 1. The third-order valence-corrected chi connectivity index (χ3v) is 4.73. The van der Waals surface area contributed by atoms with Crippen LogP contribution in [0.5, 0.6) is 0 Å². The molecule has 1 aliphatic heterocycles. The van der Waals surface area contributed by atoms with E-state index in [1.54, 1.807) is 7.11 Å². The molecule has 2 heterocycles. The van der Waals surface area contributed by atoms with Crippen LogP contribution in [0, 0.1) is 13.8 Å². The van der Waals surface area contributed by atoms with Crippen LogP contribution < -0.4 is 4.90 Å². The molecule has 1 saturated heterocycles. The molecule has 6 heteroatoms. The Morgan fingerprint density at radius 3 is 2.42 bits per heavy atom. The number of rotatable bonds is 5. The summed E-state index contributed by atoms with van der Waals surface area (Å²) in [5.74, 6) is 1.83. The number of hydrogen-bond donors (Lipinski definition) is 0. The Hall–Kier alpha value is -2.47. The molecule has 0 N–H and O–H groups in total. The van der Waals surface area contributed by atoms with Gasteiger partial charge in [0.2, 0.25) is 5.91 Å². The third-order valence-electron chi connectivity index (χ3n) is 4.73. The van der Waals surface area contributed by atoms with Crippen molar-refractivity contribution < 1.29 is 9.53 Å². The Kier molecular flexibility index (Phi) is 5.83. The fourth-order valence-electron chi connectivity index (χ4n) is 3.37. The first-order chi connectivity index (χ1) is 12.6. The SMILES string of the molecule is COCC(=O)N1CCN(c2nc(C)nc(C)c2Cc2ccccc2)CC1. The lowest BCUT2D eigenvalue weighted by atomic mass is 10.0. The zero-order chi connectivity index (χ0) is 18.5. The summed E-state index contributed by atoms with van der Waals surface area (Å²) in [6, 6.07) is 10.4. The van der Waals surface area contributed by atoms with Gasteiger partial charge in [-0.15, -0.1) is 0 Å². The lowest BCUT2D eigenvalue weighted by Gasteiger charge is -2.36. The summed E-state index contributed by atoms with van der Waals surface area (Å²) in [7, 11) is 1.55. The number of carbonyl (C=O) groups is 1. The van der Waals surface area contributed by atoms with Crippen LogP contribution in [0.15, 0.2) is 30.3 Å². The van der Waals surface area contributed by atoms with Gasteiger partial charge in [-0.2, -0.15) is 0 Å². The molecule has 6 nitrogen and oxygen atoms in total. The van der Waals surface area contributed by atoms with Crippen LogP contribution >= 0.6 is 0 Å². The number of ether oxygens (including phenoxy) is 1. The molecular weight excluding hydrogens is 328 g/mol. The van der Waals surface area contributed by atoms with E-state index in [0.717, 1.165) is 36.8 Å². The van der Waals surface area contributed by atoms with Crippen LogP contribution in [-0.4, -0.2) is 60.7 Å². The van der Waals surface area contributed by atoms with Crippen LogP contribution in [0.4, 0.5) is 5.82 Å². The third kappa shape index (κ3) is 4.19. The van der Waals surface area contributed by atoms with Crippen molar-refractivity contribution in [2.45, 2.75) is 20.3 Å². The smallest absolute Gasteiger partial charge is 0.248 e. The van der Waals surface area contributed by atoms with Crippen LogP contribution in [0.1, 0.15) is 22.6 Å². The van der Waals surface area contributed by atoms with E-state index in [0.29, 0.717) is 13.1 Å². The van der Waals surface area contributed by atoms with Gasteiger partial charge in [0.25, 0.3) is 0 Å². The average molecular weight is 354 g/mol. The largest absolute Gasteiger partial charge is 0.375 e. The lowest BCUT2D eigenvalue weighted by molar-refractivity contribution is -0.135. The average Bonchev–Trinajstić information content (AvgIpc) is 2.65. The number of amides is 1. The van der Waals surface area contributed by atoms with E-state index >= 15 is 0 Å². The highest BCUT2D eigenvalue weighted by Crippen LogP contribution is 2.25. The van der Waals surface area contributed by atoms with Crippen LogP contribution in [-0.2, 0) is 16.0 Å². The topological polar surface area (TPSA) is 58.6 Å². The van der Waals surface area contributed by atoms with Crippen LogP contribution in [0.3, 0.4) is 0 Å². The van der Waals surface area contributed by atoms with Crippen molar-refractivity contribution in [2.24, 2.45) is 0 Å². The molecule has 1 aliphatic rings. The van der Waals surface area contributed by atoms with Crippen molar-refractivity contribution in [3.63, 3.8) is 0 Å². The Labute approximate surface area is 154 Å². The zero-order valence-electron chi connectivity index (χ0n) is 15.7. The van der Waals surface area contributed by atoms with Gasteiger partial charge in [-0.3, -0.25) is 4.79 Å². The first-order valence-electron chi connectivity index (χ1n) is 8.98. The summed E-state index contributed by atoms with van der Waals surface area (Å²) in [6.07, 6.45) is 0.811. The molecule has 138 valence electrons. The molecule has 3 rings (SSSR count). The van der Waals surface area contributed by atoms with E-state index in [1.165, 1.54) is 11.1 Å². The van der Waals surface area contributed by atoms with Crippen molar-refractivity contribution in [1.82, 2.24) is 14.9 Å². The first kappa shape index (κ1) is 18.3. The standard InChI is InChI=1S/C20H26N4O2/c1-15-18(13-17-7-5-4-6-8-17)20(22-16(2)21-15)24-11-9-23(10-12-24)19(25)14-26-3/h4-8H,9-14H2,1-3H3. The summed E-state index contributed by atoms with van der Waals surface area (Å²) in [5, 5.41) is 0. The summed E-state index contributed by atoms with van der Waals surface area (Å²) in [5.41, 5.74) is 3.44. The minimum absolute atomic E-state index is 0.0479. The van der Waals surface area contributed by atoms with Gasteiger partial charge < -0.3 is 14.5 Å². The first-order valence-corrected chi connectivity index (χ1v) is 8.98. The fourth-order valence-corrected chi connectivity index (χ4v) is 3.37. The number of nitrogens with zero attached hydrogens (tertiary/aromatic N) is 4. The Morgan fingerprint density at radius 1 is 1.08 bits per heavy atom. The highest BCUT2D eigenvalue weighted by molar-refractivity contribution is 5.77. The molecule has 0 spiro atoms. The summed E-state index contributed by atoms with van der Waals surface area (Å²) in [6.45, 7) is 7.05. The van der Waals surface area contributed by atoms with Gasteiger partial charge in [-0.05, 0) is 19.4 Å². The van der Waals surface area contributed by atoms with E-state index in [2.05, 4.69) is 41.1 Å². The molecule has 0 unspecified atom stereocenters. The molecule has 1 aromatic heterocycles. The molecule has 1 aromatic carbocycles. The van der Waals surface area contributed by atoms with Crippen LogP contribution in [0.2, 0.25) is 0 Å². The molecule has 2 aromatic rings. The second-order valence-electron chi connectivity index (χ2n) is 6.62. The molecule has 26 heavy (non-hydrogen) atoms. The van der Waals surface area contributed by atoms with Crippen molar-refractivity contribution in [3.05, 3.63) is 53.0 Å². The van der Waals surface area contributed by atoms with Crippen LogP contribution in [0.25, 0.3) is 0 Å². The van der Waals surface area contributed by atoms with E-state index < -0.39 is 0 Å². The molecule has 0 saturated carbocycles. The quantitative estimate of drug-likeness (QED) is 0.822. The van der Waals surface area contributed by atoms with Crippen molar-refractivity contribution in [3.8, 4) is 0 Å². The monoisotopic (exact) mass is 354 g/mol. The fraction of sp³-hybridized carbons (Fsp3) is 0.450. The van der Waals surface area contributed by atoms with Gasteiger partial charge in [0.15, 0.2) is 0 Å². The van der Waals surface area contributed by atoms with Crippen molar-refractivity contribution >= 4 is 11.7 Å². The Balaban J connectivity index is 1.80. The van der Waals surface area contributed by atoms with Gasteiger partial charge in [-0.1, -0.05) is 30.3 Å². The molecular formula is C20H26N4O2. The summed E-state index contributed by atoms with van der Waals surface area (Å²) >= 11 is 0. The number of aromatic nitrogens is 2. The second-order valence-corrected chi connectivity index (χ2v) is 6.62. The van der Waals surface area contributed by atoms with Gasteiger partial charge in [0, 0.05) is 51.0 Å². The number of aryl methyl sites for hydroxylation is 2. The minimum Gasteiger partial charge on any atom is -0.375 e. The normalized spacial score (nSPS) is 14.6. The van der Waals surface area contributed by atoms with Gasteiger partial charge >= 0.3 is 0 Å². The molecule has 0 atom stereocenters. The maximum Gasteiger partial charge on any atom is 0.248 e. The number of methoxy groups -OCH3 is 1. The molecule has 1 fully saturated rings. The Morgan fingerprint density at radius 2 is 1.77 bits per heavy atom. The maximum atomic E-state index is 12.0. The number of hydrogen-bond acceptors (Lipinski definition) is 5. The highest BCUT2D eigenvalue weighted by atomic mass is 16.5. The number of anilines is 1. The molecule has 1 amide bonds. The highest BCUT2D eigenvalue weighted by Gasteiger charge is 2.24. The predicted octanol–water partition coefficient (Wildman–Crippen LogP) is 1.98. The molecule has 0 bridgehead atoms. The van der Waals surface area contributed by atoms with E-state index in [4.69, 9.17) is 9.72 Å². The maximum absolute atomic E-state index is 12.0. The Bertz CT molecular complexity index is 756. The van der Waals surface area contributed by atoms with Crippen molar-refractivity contribution in [1.29, 1.82) is 0 Å². The van der Waals surface area contributed by atoms with Gasteiger partial charge in [-0.25, -0.2) is 9.97 Å². The minimum atomic E-state index is 0.0479. The van der Waals surface area contributed by atoms with E-state index in [9.17, 15) is 4.79 Å². The predicted molar refractivity (Wildman–Crippen MR) is 101 cm³/mol. The van der Waals surface area contributed by atoms with E-state index in [1.807, 2.05) is 17.9 Å². The summed E-state index contributed by atoms with van der Waals surface area (Å²) < 4.78 is 4.96. The lowest BCUT2D eigenvalue weighted by Crippen LogP contribution is -2.50. The molecule has 0 radical (unpaired) electrons. The van der Waals surface area contributed by atoms with Gasteiger partial charge in [0.1, 0.15) is 18.2 Å². The summed E-state index contributed by atoms with van der Waals surface area (Å²) in [4.78, 5) is 25.5. The second kappa shape index (κ2) is 8.27. The van der Waals surface area contributed by atoms with Crippen molar-refractivity contribution in [2.75, 3.05) is 44.8 Å². The van der Waals surface area contributed by atoms with E-state index in [-0.39, 0.29) is 12.5 Å². The molecule has 0 aliphatic carbocycles. The zero-order valence-corrected chi connectivity index (χ0v) is 15.7.